The van der Waals surface area contributed by atoms with Crippen molar-refractivity contribution in [2.75, 3.05) is 13.6 Å². The summed E-state index contributed by atoms with van der Waals surface area (Å²) in [6.07, 6.45) is 0. The minimum absolute atomic E-state index is 0.178. The Bertz CT molecular complexity index is 494. The summed E-state index contributed by atoms with van der Waals surface area (Å²) in [6, 6.07) is 0. The molecular weight excluding hydrogens is 246 g/mol. The van der Waals surface area contributed by atoms with E-state index in [0.29, 0.717) is 17.8 Å². The molecule has 6 nitrogen and oxygen atoms in total. The monoisotopic (exact) mass is 267 g/mol. The van der Waals surface area contributed by atoms with Gasteiger partial charge in [-0.05, 0) is 20.8 Å². The van der Waals surface area contributed by atoms with Gasteiger partial charge in [-0.3, -0.25) is 14.3 Å². The Labute approximate surface area is 113 Å². The number of carbonyl (C=O) groups is 2. The molecule has 1 unspecified atom stereocenters. The fraction of sp³-hybridized carbons (Fsp3) is 0.615. The topological polar surface area (TPSA) is 75.4 Å². The largest absolute Gasteiger partial charge is 0.481 e. The van der Waals surface area contributed by atoms with Crippen LogP contribution in [0.15, 0.2) is 0 Å². The van der Waals surface area contributed by atoms with Gasteiger partial charge in [-0.1, -0.05) is 6.92 Å². The number of nitrogens with zero attached hydrogens (tertiary/aromatic N) is 3. The van der Waals surface area contributed by atoms with E-state index in [-0.39, 0.29) is 12.5 Å². The predicted molar refractivity (Wildman–Crippen MR) is 71.1 cm³/mol. The zero-order valence-electron chi connectivity index (χ0n) is 12.1. The molecule has 0 saturated carbocycles. The van der Waals surface area contributed by atoms with Gasteiger partial charge in [0.05, 0.1) is 17.2 Å². The Morgan fingerprint density at radius 2 is 2.00 bits per heavy atom. The summed E-state index contributed by atoms with van der Waals surface area (Å²) in [4.78, 5) is 24.6. The molecule has 0 aliphatic heterocycles. The predicted octanol–water partition coefficient (Wildman–Crippen LogP) is 1.31. The molecule has 0 aliphatic carbocycles. The van der Waals surface area contributed by atoms with Crippen LogP contribution in [0.3, 0.4) is 0 Å². The second-order valence-corrected chi connectivity index (χ2v) is 4.79. The molecule has 0 fully saturated rings. The van der Waals surface area contributed by atoms with E-state index < -0.39 is 11.9 Å². The van der Waals surface area contributed by atoms with E-state index >= 15 is 0 Å². The van der Waals surface area contributed by atoms with E-state index in [1.165, 1.54) is 4.90 Å². The van der Waals surface area contributed by atoms with Crippen molar-refractivity contribution in [1.82, 2.24) is 14.7 Å². The van der Waals surface area contributed by atoms with Crippen LogP contribution in [0.1, 0.15) is 35.6 Å². The number of hydrogen-bond acceptors (Lipinski definition) is 3. The van der Waals surface area contributed by atoms with Gasteiger partial charge in [-0.15, -0.1) is 0 Å². The average Bonchev–Trinajstić information content (AvgIpc) is 2.63. The highest BCUT2D eigenvalue weighted by molar-refractivity contribution is 5.96. The molecule has 6 heteroatoms. The van der Waals surface area contributed by atoms with Gasteiger partial charge in [0.15, 0.2) is 0 Å². The van der Waals surface area contributed by atoms with Gasteiger partial charge in [-0.2, -0.15) is 5.10 Å². The molecule has 0 radical (unpaired) electrons. The number of rotatable bonds is 5. The van der Waals surface area contributed by atoms with Crippen molar-refractivity contribution in [3.8, 4) is 0 Å². The van der Waals surface area contributed by atoms with E-state index in [2.05, 4.69) is 5.10 Å². The SMILES string of the molecule is CCn1nc(C)c(C(=O)N(C)CC(C)C(=O)O)c1C. The lowest BCUT2D eigenvalue weighted by Gasteiger charge is -2.19. The molecule has 106 valence electrons. The highest BCUT2D eigenvalue weighted by Gasteiger charge is 2.23. The molecule has 1 aromatic heterocycles. The Morgan fingerprint density at radius 1 is 1.42 bits per heavy atom. The van der Waals surface area contributed by atoms with Crippen molar-refractivity contribution in [2.24, 2.45) is 5.92 Å². The van der Waals surface area contributed by atoms with Crippen molar-refractivity contribution in [1.29, 1.82) is 0 Å². The maximum atomic E-state index is 12.4. The van der Waals surface area contributed by atoms with Gasteiger partial charge in [-0.25, -0.2) is 0 Å². The number of amides is 1. The first-order valence-corrected chi connectivity index (χ1v) is 6.31. The summed E-state index contributed by atoms with van der Waals surface area (Å²) in [7, 11) is 1.62. The van der Waals surface area contributed by atoms with E-state index in [0.717, 1.165) is 5.69 Å². The molecule has 1 atom stereocenters. The summed E-state index contributed by atoms with van der Waals surface area (Å²) in [5, 5.41) is 13.2. The summed E-state index contributed by atoms with van der Waals surface area (Å²) in [5.41, 5.74) is 2.07. The molecule has 0 aliphatic rings. The number of carboxylic acid groups (broad SMARTS) is 1. The first-order chi connectivity index (χ1) is 8.79. The molecular formula is C13H21N3O3. The van der Waals surface area contributed by atoms with Crippen molar-refractivity contribution in [3.63, 3.8) is 0 Å². The lowest BCUT2D eigenvalue weighted by Crippen LogP contribution is -2.34. The number of carbonyl (C=O) groups excluding carboxylic acids is 1. The zero-order valence-corrected chi connectivity index (χ0v) is 12.1. The van der Waals surface area contributed by atoms with Crippen molar-refractivity contribution in [2.45, 2.75) is 34.2 Å². The van der Waals surface area contributed by atoms with Crippen LogP contribution in [0.25, 0.3) is 0 Å². The summed E-state index contributed by atoms with van der Waals surface area (Å²) < 4.78 is 1.77. The lowest BCUT2D eigenvalue weighted by atomic mass is 10.1. The van der Waals surface area contributed by atoms with Crippen molar-refractivity contribution < 1.29 is 14.7 Å². The average molecular weight is 267 g/mol. The van der Waals surface area contributed by atoms with Gasteiger partial charge in [0.1, 0.15) is 0 Å². The fourth-order valence-corrected chi connectivity index (χ4v) is 2.08. The van der Waals surface area contributed by atoms with Gasteiger partial charge < -0.3 is 10.0 Å². The van der Waals surface area contributed by atoms with Gasteiger partial charge in [0, 0.05) is 25.8 Å². The minimum Gasteiger partial charge on any atom is -0.481 e. The highest BCUT2D eigenvalue weighted by atomic mass is 16.4. The van der Waals surface area contributed by atoms with Gasteiger partial charge in [0.2, 0.25) is 0 Å². The minimum atomic E-state index is -0.905. The second kappa shape index (κ2) is 5.86. The maximum absolute atomic E-state index is 12.4. The van der Waals surface area contributed by atoms with Crippen LogP contribution < -0.4 is 0 Å². The first-order valence-electron chi connectivity index (χ1n) is 6.31. The molecule has 19 heavy (non-hydrogen) atoms. The summed E-state index contributed by atoms with van der Waals surface area (Å²) in [6.45, 7) is 8.08. The molecule has 0 saturated heterocycles. The highest BCUT2D eigenvalue weighted by Crippen LogP contribution is 2.15. The third-order valence-electron chi connectivity index (χ3n) is 3.21. The zero-order chi connectivity index (χ0) is 14.7. The van der Waals surface area contributed by atoms with Crippen LogP contribution >= 0.6 is 0 Å². The smallest absolute Gasteiger partial charge is 0.308 e. The Balaban J connectivity index is 2.94. The summed E-state index contributed by atoms with van der Waals surface area (Å²) in [5.74, 6) is -1.67. The summed E-state index contributed by atoms with van der Waals surface area (Å²) >= 11 is 0. The number of aromatic nitrogens is 2. The molecule has 0 spiro atoms. The van der Waals surface area contributed by atoms with Crippen molar-refractivity contribution in [3.05, 3.63) is 17.0 Å². The number of aliphatic carboxylic acids is 1. The van der Waals surface area contributed by atoms with E-state index in [4.69, 9.17) is 5.11 Å². The Kier molecular flexibility index (Phi) is 4.69. The molecule has 1 rings (SSSR count). The van der Waals surface area contributed by atoms with Gasteiger partial charge in [0.25, 0.3) is 5.91 Å². The molecule has 1 aromatic rings. The van der Waals surface area contributed by atoms with Crippen molar-refractivity contribution >= 4 is 11.9 Å². The maximum Gasteiger partial charge on any atom is 0.308 e. The van der Waals surface area contributed by atoms with E-state index in [1.54, 1.807) is 25.6 Å². The molecule has 1 heterocycles. The first kappa shape index (κ1) is 15.2. The molecule has 1 amide bonds. The van der Waals surface area contributed by atoms with Crippen LogP contribution in [0.2, 0.25) is 0 Å². The molecule has 0 bridgehead atoms. The Hall–Kier alpha value is -1.85. The lowest BCUT2D eigenvalue weighted by molar-refractivity contribution is -0.141. The fourth-order valence-electron chi connectivity index (χ4n) is 2.08. The third kappa shape index (κ3) is 3.13. The van der Waals surface area contributed by atoms with Gasteiger partial charge >= 0.3 is 5.97 Å². The number of aryl methyl sites for hydroxylation is 2. The van der Waals surface area contributed by atoms with E-state index in [9.17, 15) is 9.59 Å². The van der Waals surface area contributed by atoms with Crippen LogP contribution in [-0.2, 0) is 11.3 Å². The third-order valence-corrected chi connectivity index (χ3v) is 3.21. The van der Waals surface area contributed by atoms with E-state index in [1.807, 2.05) is 13.8 Å². The van der Waals surface area contributed by atoms with Crippen LogP contribution in [0.4, 0.5) is 0 Å². The number of carboxylic acids is 1. The molecule has 1 N–H and O–H groups in total. The standard InChI is InChI=1S/C13H21N3O3/c1-6-16-10(4)11(9(3)14-16)12(17)15(5)7-8(2)13(18)19/h8H,6-7H2,1-5H3,(H,18,19). The Morgan fingerprint density at radius 3 is 2.42 bits per heavy atom. The van der Waals surface area contributed by atoms with Crippen LogP contribution in [0, 0.1) is 19.8 Å². The number of hydrogen-bond donors (Lipinski definition) is 1. The molecule has 0 aromatic carbocycles. The second-order valence-electron chi connectivity index (χ2n) is 4.79. The van der Waals surface area contributed by atoms with Crippen LogP contribution in [0.5, 0.6) is 0 Å². The quantitative estimate of drug-likeness (QED) is 0.872. The normalized spacial score (nSPS) is 12.3. The van der Waals surface area contributed by atoms with Crippen LogP contribution in [-0.4, -0.2) is 45.3 Å².